The summed E-state index contributed by atoms with van der Waals surface area (Å²) in [5.41, 5.74) is 1.92. The zero-order valence-electron chi connectivity index (χ0n) is 10.9. The van der Waals surface area contributed by atoms with Gasteiger partial charge in [0.15, 0.2) is 0 Å². The van der Waals surface area contributed by atoms with E-state index in [0.29, 0.717) is 12.0 Å². The Labute approximate surface area is 110 Å². The Morgan fingerprint density at radius 1 is 0.737 bits per heavy atom. The first kappa shape index (κ1) is 13.7. The molecule has 0 unspecified atom stereocenters. The van der Waals surface area contributed by atoms with Crippen LogP contribution in [0, 0.1) is 31.3 Å². The minimum atomic E-state index is -0.439. The largest absolute Gasteiger partial charge is 0.207 e. The molecular weight excluding hydrogens is 249 g/mol. The van der Waals surface area contributed by atoms with Crippen LogP contribution in [-0.4, -0.2) is 0 Å². The van der Waals surface area contributed by atoms with E-state index in [1.807, 2.05) is 13.0 Å². The van der Waals surface area contributed by atoms with E-state index < -0.39 is 11.6 Å². The Morgan fingerprint density at radius 2 is 1.37 bits per heavy atom. The van der Waals surface area contributed by atoms with Crippen molar-refractivity contribution in [2.24, 2.45) is 0 Å². The normalized spacial score (nSPS) is 10.8. The van der Waals surface area contributed by atoms with Gasteiger partial charge in [-0.2, -0.15) is 0 Å². The number of hydrogen-bond acceptors (Lipinski definition) is 0. The van der Waals surface area contributed by atoms with Crippen LogP contribution < -0.4 is 0 Å². The van der Waals surface area contributed by atoms with E-state index in [-0.39, 0.29) is 23.4 Å². The molecule has 0 saturated heterocycles. The van der Waals surface area contributed by atoms with Crippen molar-refractivity contribution in [2.75, 3.05) is 0 Å². The summed E-state index contributed by atoms with van der Waals surface area (Å²) in [5, 5.41) is 0. The topological polar surface area (TPSA) is 0 Å². The molecule has 0 amide bonds. The van der Waals surface area contributed by atoms with Crippen LogP contribution in [0.5, 0.6) is 0 Å². The van der Waals surface area contributed by atoms with Crippen molar-refractivity contribution in [3.8, 4) is 0 Å². The van der Waals surface area contributed by atoms with Crippen LogP contribution >= 0.6 is 0 Å². The average Bonchev–Trinajstić information content (AvgIpc) is 2.34. The van der Waals surface area contributed by atoms with E-state index in [1.54, 1.807) is 6.07 Å². The third kappa shape index (κ3) is 3.16. The molecule has 0 saturated carbocycles. The highest BCUT2D eigenvalue weighted by atomic mass is 19.1. The highest BCUT2D eigenvalue weighted by Crippen LogP contribution is 2.18. The van der Waals surface area contributed by atoms with Crippen LogP contribution in [0.2, 0.25) is 0 Å². The fourth-order valence-electron chi connectivity index (χ4n) is 2.00. The molecule has 0 atom stereocenters. The number of hydrogen-bond donors (Lipinski definition) is 0. The van der Waals surface area contributed by atoms with E-state index in [4.69, 9.17) is 0 Å². The molecule has 2 aromatic rings. The first-order chi connectivity index (χ1) is 8.97. The highest BCUT2D eigenvalue weighted by Gasteiger charge is 2.09. The number of halogens is 3. The second kappa shape index (κ2) is 5.47. The van der Waals surface area contributed by atoms with Crippen molar-refractivity contribution in [1.29, 1.82) is 0 Å². The van der Waals surface area contributed by atoms with Gasteiger partial charge in [0.25, 0.3) is 0 Å². The molecule has 0 radical (unpaired) electrons. The number of aryl methyl sites for hydroxylation is 4. The molecule has 0 aliphatic carbocycles. The quantitative estimate of drug-likeness (QED) is 0.765. The maximum Gasteiger partial charge on any atom is 0.126 e. The standard InChI is InChI=1S/C16H15F3/c1-10-3-4-12(15(18)7-10)5-6-13-9-14(17)11(2)8-16(13)19/h3-4,7-9H,5-6H2,1-2H3. The summed E-state index contributed by atoms with van der Waals surface area (Å²) in [6.45, 7) is 3.32. The molecule has 2 aromatic carbocycles. The molecule has 0 aliphatic rings. The molecule has 0 aromatic heterocycles. The maximum absolute atomic E-state index is 13.6. The number of rotatable bonds is 3. The van der Waals surface area contributed by atoms with Gasteiger partial charge in [-0.05, 0) is 67.1 Å². The first-order valence-corrected chi connectivity index (χ1v) is 6.17. The van der Waals surface area contributed by atoms with Crippen molar-refractivity contribution in [3.63, 3.8) is 0 Å². The van der Waals surface area contributed by atoms with E-state index in [2.05, 4.69) is 0 Å². The van der Waals surface area contributed by atoms with E-state index in [1.165, 1.54) is 25.1 Å². The molecule has 2 rings (SSSR count). The minimum Gasteiger partial charge on any atom is -0.207 e. The molecule has 0 N–H and O–H groups in total. The van der Waals surface area contributed by atoms with Crippen molar-refractivity contribution >= 4 is 0 Å². The Hall–Kier alpha value is -1.77. The molecule has 0 fully saturated rings. The summed E-state index contributed by atoms with van der Waals surface area (Å²) in [6, 6.07) is 7.31. The Kier molecular flexibility index (Phi) is 3.93. The third-order valence-electron chi connectivity index (χ3n) is 3.20. The van der Waals surface area contributed by atoms with Crippen molar-refractivity contribution < 1.29 is 13.2 Å². The van der Waals surface area contributed by atoms with Gasteiger partial charge < -0.3 is 0 Å². The SMILES string of the molecule is Cc1ccc(CCc2cc(F)c(C)cc2F)c(F)c1. The Balaban J connectivity index is 2.16. The van der Waals surface area contributed by atoms with Gasteiger partial charge in [-0.3, -0.25) is 0 Å². The minimum absolute atomic E-state index is 0.280. The average molecular weight is 264 g/mol. The van der Waals surface area contributed by atoms with Crippen LogP contribution in [0.25, 0.3) is 0 Å². The van der Waals surface area contributed by atoms with Crippen LogP contribution in [0.4, 0.5) is 13.2 Å². The van der Waals surface area contributed by atoms with Crippen LogP contribution in [0.1, 0.15) is 22.3 Å². The monoisotopic (exact) mass is 264 g/mol. The Morgan fingerprint density at radius 3 is 2.05 bits per heavy atom. The summed E-state index contributed by atoms with van der Waals surface area (Å²) >= 11 is 0. The van der Waals surface area contributed by atoms with Gasteiger partial charge in [0, 0.05) is 0 Å². The molecule has 19 heavy (non-hydrogen) atoms. The summed E-state index contributed by atoms with van der Waals surface area (Å²) < 4.78 is 40.6. The Bertz CT molecular complexity index is 603. The third-order valence-corrected chi connectivity index (χ3v) is 3.20. The smallest absolute Gasteiger partial charge is 0.126 e. The van der Waals surface area contributed by atoms with Gasteiger partial charge >= 0.3 is 0 Å². The fraction of sp³-hybridized carbons (Fsp3) is 0.250. The predicted molar refractivity (Wildman–Crippen MR) is 69.6 cm³/mol. The molecule has 3 heteroatoms. The van der Waals surface area contributed by atoms with Crippen LogP contribution in [-0.2, 0) is 12.8 Å². The lowest BCUT2D eigenvalue weighted by atomic mass is 10.0. The molecule has 0 bridgehead atoms. The first-order valence-electron chi connectivity index (χ1n) is 6.17. The highest BCUT2D eigenvalue weighted by molar-refractivity contribution is 5.28. The van der Waals surface area contributed by atoms with Gasteiger partial charge in [-0.15, -0.1) is 0 Å². The summed E-state index contributed by atoms with van der Waals surface area (Å²) in [7, 11) is 0. The van der Waals surface area contributed by atoms with Crippen molar-refractivity contribution in [1.82, 2.24) is 0 Å². The summed E-state index contributed by atoms with van der Waals surface area (Å²) in [6.07, 6.45) is 0.633. The predicted octanol–water partition coefficient (Wildman–Crippen LogP) is 4.51. The molecule has 0 nitrogen and oxygen atoms in total. The van der Waals surface area contributed by atoms with Gasteiger partial charge in [-0.1, -0.05) is 12.1 Å². The van der Waals surface area contributed by atoms with Gasteiger partial charge in [-0.25, -0.2) is 13.2 Å². The number of benzene rings is 2. The molecule has 0 spiro atoms. The van der Waals surface area contributed by atoms with Gasteiger partial charge in [0.1, 0.15) is 17.5 Å². The maximum atomic E-state index is 13.6. The zero-order valence-corrected chi connectivity index (χ0v) is 10.9. The van der Waals surface area contributed by atoms with Crippen LogP contribution in [0.15, 0.2) is 30.3 Å². The lowest BCUT2D eigenvalue weighted by Gasteiger charge is -2.07. The summed E-state index contributed by atoms with van der Waals surface area (Å²) in [4.78, 5) is 0. The van der Waals surface area contributed by atoms with E-state index in [0.717, 1.165) is 5.56 Å². The second-order valence-corrected chi connectivity index (χ2v) is 4.79. The van der Waals surface area contributed by atoms with Crippen LogP contribution in [0.3, 0.4) is 0 Å². The van der Waals surface area contributed by atoms with Gasteiger partial charge in [0.05, 0.1) is 0 Å². The lowest BCUT2D eigenvalue weighted by Crippen LogP contribution is -1.99. The van der Waals surface area contributed by atoms with Gasteiger partial charge in [0.2, 0.25) is 0 Å². The molecular formula is C16H15F3. The zero-order chi connectivity index (χ0) is 14.0. The van der Waals surface area contributed by atoms with Crippen molar-refractivity contribution in [2.45, 2.75) is 26.7 Å². The second-order valence-electron chi connectivity index (χ2n) is 4.79. The molecule has 0 aliphatic heterocycles. The van der Waals surface area contributed by atoms with E-state index >= 15 is 0 Å². The fourth-order valence-corrected chi connectivity index (χ4v) is 2.00. The lowest BCUT2D eigenvalue weighted by molar-refractivity contribution is 0.573. The molecule has 100 valence electrons. The summed E-state index contributed by atoms with van der Waals surface area (Å²) in [5.74, 6) is -1.17. The van der Waals surface area contributed by atoms with Crippen molar-refractivity contribution in [3.05, 3.63) is 70.0 Å². The van der Waals surface area contributed by atoms with E-state index in [9.17, 15) is 13.2 Å². The molecule has 0 heterocycles.